The number of hydrogen-bond acceptors (Lipinski definition) is 5. The highest BCUT2D eigenvalue weighted by molar-refractivity contribution is 6.33. The van der Waals surface area contributed by atoms with E-state index in [-0.39, 0.29) is 21.9 Å². The topological polar surface area (TPSA) is 112 Å². The number of fused-ring (bicyclic) bond motifs is 1. The van der Waals surface area contributed by atoms with E-state index < -0.39 is 11.9 Å². The largest absolute Gasteiger partial charge is 0.507 e. The minimum atomic E-state index is -1.11. The van der Waals surface area contributed by atoms with Crippen LogP contribution in [0.4, 0.5) is 0 Å². The zero-order valence-electron chi connectivity index (χ0n) is 15.9. The summed E-state index contributed by atoms with van der Waals surface area (Å²) >= 11 is 5.99. The van der Waals surface area contributed by atoms with Crippen LogP contribution in [-0.2, 0) is 0 Å². The number of carboxylic acids is 1. The number of nitrogens with one attached hydrogen (secondary N) is 1. The average molecular weight is 435 g/mol. The fourth-order valence-corrected chi connectivity index (χ4v) is 3.31. The Kier molecular flexibility index (Phi) is 5.43. The van der Waals surface area contributed by atoms with E-state index >= 15 is 0 Å². The lowest BCUT2D eigenvalue weighted by Gasteiger charge is -2.05. The third kappa shape index (κ3) is 4.26. The molecular formula is C23H15ClN2O5. The summed E-state index contributed by atoms with van der Waals surface area (Å²) in [7, 11) is 0. The number of carboxylic acid groups (broad SMARTS) is 1. The summed E-state index contributed by atoms with van der Waals surface area (Å²) in [4.78, 5) is 23.4. The van der Waals surface area contributed by atoms with Crippen molar-refractivity contribution >= 4 is 40.5 Å². The molecule has 154 valence electrons. The first kappa shape index (κ1) is 20.2. The van der Waals surface area contributed by atoms with Gasteiger partial charge >= 0.3 is 5.97 Å². The van der Waals surface area contributed by atoms with E-state index in [2.05, 4.69) is 10.5 Å². The molecule has 0 aliphatic rings. The summed E-state index contributed by atoms with van der Waals surface area (Å²) in [6.07, 6.45) is 1.31. The second-order valence-electron chi connectivity index (χ2n) is 6.62. The lowest BCUT2D eigenvalue weighted by Crippen LogP contribution is -2.17. The number of amides is 1. The highest BCUT2D eigenvalue weighted by Gasteiger charge is 2.13. The Bertz CT molecular complexity index is 1340. The molecule has 0 aliphatic carbocycles. The van der Waals surface area contributed by atoms with Gasteiger partial charge in [-0.2, -0.15) is 5.10 Å². The molecule has 0 saturated carbocycles. The maximum absolute atomic E-state index is 12.4. The van der Waals surface area contributed by atoms with Gasteiger partial charge in [0, 0.05) is 5.56 Å². The monoisotopic (exact) mass is 434 g/mol. The van der Waals surface area contributed by atoms with Crippen molar-refractivity contribution in [1.29, 1.82) is 0 Å². The maximum atomic E-state index is 12.4. The smallest absolute Gasteiger partial charge is 0.337 e. The van der Waals surface area contributed by atoms with Crippen molar-refractivity contribution in [2.75, 3.05) is 0 Å². The second-order valence-corrected chi connectivity index (χ2v) is 7.02. The van der Waals surface area contributed by atoms with Gasteiger partial charge < -0.3 is 14.6 Å². The fraction of sp³-hybridized carbons (Fsp3) is 0. The molecule has 0 radical (unpaired) electrons. The Hall–Kier alpha value is -4.10. The Morgan fingerprint density at radius 2 is 1.71 bits per heavy atom. The molecule has 31 heavy (non-hydrogen) atoms. The molecule has 0 bridgehead atoms. The third-order valence-electron chi connectivity index (χ3n) is 4.58. The molecule has 0 unspecified atom stereocenters. The van der Waals surface area contributed by atoms with Crippen molar-refractivity contribution in [3.8, 4) is 17.1 Å². The minimum Gasteiger partial charge on any atom is -0.507 e. The van der Waals surface area contributed by atoms with Crippen molar-refractivity contribution in [3.63, 3.8) is 0 Å². The standard InChI is InChI=1S/C23H15ClN2O5/c24-19-10-15(5-7-17(19)23(29)30)21-8-6-16(31-21)12-25-26-22(28)18-9-13-3-1-2-4-14(13)11-20(18)27/h1-12,27H,(H,26,28)(H,29,30). The van der Waals surface area contributed by atoms with Crippen LogP contribution in [-0.4, -0.2) is 28.3 Å². The summed E-state index contributed by atoms with van der Waals surface area (Å²) < 4.78 is 5.64. The number of furan rings is 1. The van der Waals surface area contributed by atoms with E-state index in [0.717, 1.165) is 10.8 Å². The van der Waals surface area contributed by atoms with Crippen LogP contribution in [0.5, 0.6) is 5.75 Å². The molecule has 0 aliphatic heterocycles. The molecule has 4 aromatic rings. The lowest BCUT2D eigenvalue weighted by atomic mass is 10.1. The third-order valence-corrected chi connectivity index (χ3v) is 4.89. The van der Waals surface area contributed by atoms with Crippen molar-refractivity contribution < 1.29 is 24.2 Å². The number of halogens is 1. The summed E-state index contributed by atoms with van der Waals surface area (Å²) in [5.74, 6) is -1.01. The van der Waals surface area contributed by atoms with Gasteiger partial charge in [0.25, 0.3) is 5.91 Å². The van der Waals surface area contributed by atoms with Gasteiger partial charge in [-0.3, -0.25) is 4.79 Å². The maximum Gasteiger partial charge on any atom is 0.337 e. The number of nitrogens with zero attached hydrogens (tertiary/aromatic N) is 1. The first-order chi connectivity index (χ1) is 14.9. The quantitative estimate of drug-likeness (QED) is 0.305. The highest BCUT2D eigenvalue weighted by atomic mass is 35.5. The normalized spacial score (nSPS) is 11.1. The number of benzene rings is 3. The van der Waals surface area contributed by atoms with Gasteiger partial charge in [-0.15, -0.1) is 0 Å². The van der Waals surface area contributed by atoms with Crippen molar-refractivity contribution in [2.45, 2.75) is 0 Å². The first-order valence-electron chi connectivity index (χ1n) is 9.10. The molecule has 3 N–H and O–H groups in total. The molecular weight excluding hydrogens is 420 g/mol. The number of aromatic hydroxyl groups is 1. The number of carbonyl (C=O) groups excluding carboxylic acids is 1. The van der Waals surface area contributed by atoms with E-state index in [1.807, 2.05) is 24.3 Å². The van der Waals surface area contributed by atoms with Crippen LogP contribution in [0.25, 0.3) is 22.1 Å². The molecule has 1 heterocycles. The van der Waals surface area contributed by atoms with Crippen LogP contribution in [0.1, 0.15) is 26.5 Å². The molecule has 4 rings (SSSR count). The van der Waals surface area contributed by atoms with Crippen molar-refractivity contribution in [1.82, 2.24) is 5.43 Å². The number of phenols is 1. The van der Waals surface area contributed by atoms with Gasteiger partial charge in [0.2, 0.25) is 0 Å². The van der Waals surface area contributed by atoms with Crippen LogP contribution < -0.4 is 5.43 Å². The zero-order chi connectivity index (χ0) is 22.0. The Balaban J connectivity index is 1.47. The average Bonchev–Trinajstić information content (AvgIpc) is 3.21. The SMILES string of the molecule is O=C(NN=Cc1ccc(-c2ccc(C(=O)O)c(Cl)c2)o1)c1cc2ccccc2cc1O. The fourth-order valence-electron chi connectivity index (χ4n) is 3.04. The number of rotatable bonds is 5. The Morgan fingerprint density at radius 1 is 0.968 bits per heavy atom. The lowest BCUT2D eigenvalue weighted by molar-refractivity contribution is 0.0696. The zero-order valence-corrected chi connectivity index (χ0v) is 16.6. The molecule has 0 saturated heterocycles. The molecule has 0 fully saturated rings. The Morgan fingerprint density at radius 3 is 2.42 bits per heavy atom. The van der Waals surface area contributed by atoms with Gasteiger partial charge in [0.1, 0.15) is 17.3 Å². The molecule has 8 heteroatoms. The predicted molar refractivity (Wildman–Crippen MR) is 117 cm³/mol. The van der Waals surface area contributed by atoms with Crippen LogP contribution in [0.3, 0.4) is 0 Å². The summed E-state index contributed by atoms with van der Waals surface area (Å²) in [5.41, 5.74) is 3.05. The van der Waals surface area contributed by atoms with E-state index in [0.29, 0.717) is 17.1 Å². The summed E-state index contributed by atoms with van der Waals surface area (Å²) in [6.45, 7) is 0. The van der Waals surface area contributed by atoms with Crippen LogP contribution in [0.2, 0.25) is 5.02 Å². The molecule has 1 aromatic heterocycles. The molecule has 0 atom stereocenters. The van der Waals surface area contributed by atoms with Crippen molar-refractivity contribution in [2.24, 2.45) is 5.10 Å². The second kappa shape index (κ2) is 8.33. The number of aromatic carboxylic acids is 1. The highest BCUT2D eigenvalue weighted by Crippen LogP contribution is 2.27. The minimum absolute atomic E-state index is 0.00147. The van der Waals surface area contributed by atoms with E-state index in [9.17, 15) is 14.7 Å². The molecule has 0 spiro atoms. The number of carbonyl (C=O) groups is 2. The summed E-state index contributed by atoms with van der Waals surface area (Å²) in [6, 6.07) is 18.3. The van der Waals surface area contributed by atoms with Gasteiger partial charge in [-0.25, -0.2) is 10.2 Å². The van der Waals surface area contributed by atoms with Crippen LogP contribution in [0, 0.1) is 0 Å². The van der Waals surface area contributed by atoms with Crippen LogP contribution >= 0.6 is 11.6 Å². The van der Waals surface area contributed by atoms with Crippen molar-refractivity contribution in [3.05, 3.63) is 88.6 Å². The first-order valence-corrected chi connectivity index (χ1v) is 9.48. The molecule has 7 nitrogen and oxygen atoms in total. The molecule has 3 aromatic carbocycles. The molecule has 1 amide bonds. The van der Waals surface area contributed by atoms with Gasteiger partial charge in [0.05, 0.1) is 22.4 Å². The van der Waals surface area contributed by atoms with E-state index in [1.165, 1.54) is 24.4 Å². The Labute approximate surface area is 181 Å². The number of hydrogen-bond donors (Lipinski definition) is 3. The van der Waals surface area contributed by atoms with Gasteiger partial charge in [-0.05, 0) is 47.2 Å². The van der Waals surface area contributed by atoms with Gasteiger partial charge in [-0.1, -0.05) is 41.9 Å². The van der Waals surface area contributed by atoms with E-state index in [4.69, 9.17) is 21.1 Å². The van der Waals surface area contributed by atoms with Gasteiger partial charge in [0.15, 0.2) is 0 Å². The predicted octanol–water partition coefficient (Wildman–Crippen LogP) is 4.92. The summed E-state index contributed by atoms with van der Waals surface area (Å²) in [5, 5.41) is 24.8. The van der Waals surface area contributed by atoms with Crippen LogP contribution in [0.15, 0.2) is 76.2 Å². The number of phenolic OH excluding ortho intramolecular Hbond substituents is 1. The van der Waals surface area contributed by atoms with E-state index in [1.54, 1.807) is 24.3 Å². The number of hydrazone groups is 1.